The van der Waals surface area contributed by atoms with Gasteiger partial charge in [-0.1, -0.05) is 6.07 Å². The maximum atomic E-state index is 12.7. The van der Waals surface area contributed by atoms with Crippen molar-refractivity contribution >= 4 is 39.5 Å². The average molecular weight is 317 g/mol. The van der Waals surface area contributed by atoms with Gasteiger partial charge in [0.05, 0.1) is 11.2 Å². The Balaban J connectivity index is 2.33. The Morgan fingerprint density at radius 1 is 1.29 bits per heavy atom. The summed E-state index contributed by atoms with van der Waals surface area (Å²) in [5, 5.41) is 1.89. The second kappa shape index (κ2) is 5.13. The van der Waals surface area contributed by atoms with Crippen molar-refractivity contribution in [2.24, 2.45) is 0 Å². The van der Waals surface area contributed by atoms with Crippen LogP contribution in [0.5, 0.6) is 0 Å². The SMILES string of the molecule is Cc1ccc(-n2c(=S)[nH]c3ccsc3c2=O)cc1N(C)C. The summed E-state index contributed by atoms with van der Waals surface area (Å²) in [5.74, 6) is 0. The molecule has 1 N–H and O–H groups in total. The second-order valence-corrected chi connectivity index (χ2v) is 6.40. The van der Waals surface area contributed by atoms with Crippen LogP contribution < -0.4 is 10.5 Å². The Hall–Kier alpha value is -1.92. The quantitative estimate of drug-likeness (QED) is 0.736. The molecular formula is C15H15N3OS2. The molecule has 0 bridgehead atoms. The van der Waals surface area contributed by atoms with E-state index in [0.29, 0.717) is 9.47 Å². The van der Waals surface area contributed by atoms with Crippen LogP contribution in [0.25, 0.3) is 15.9 Å². The molecule has 0 amide bonds. The molecule has 0 unspecified atom stereocenters. The largest absolute Gasteiger partial charge is 0.377 e. The number of H-pyrrole nitrogens is 1. The van der Waals surface area contributed by atoms with Crippen LogP contribution >= 0.6 is 23.6 Å². The highest BCUT2D eigenvalue weighted by Gasteiger charge is 2.10. The summed E-state index contributed by atoms with van der Waals surface area (Å²) in [6.45, 7) is 2.05. The molecule has 0 saturated carbocycles. The zero-order valence-electron chi connectivity index (χ0n) is 12.0. The van der Waals surface area contributed by atoms with Gasteiger partial charge in [0.2, 0.25) is 0 Å². The van der Waals surface area contributed by atoms with Gasteiger partial charge in [-0.2, -0.15) is 0 Å². The lowest BCUT2D eigenvalue weighted by Gasteiger charge is -2.17. The first-order chi connectivity index (χ1) is 9.99. The fraction of sp³-hybridized carbons (Fsp3) is 0.200. The van der Waals surface area contributed by atoms with Crippen LogP contribution in [0.4, 0.5) is 5.69 Å². The predicted octanol–water partition coefficient (Wildman–Crippen LogP) is 3.48. The van der Waals surface area contributed by atoms with Gasteiger partial charge < -0.3 is 9.88 Å². The number of benzene rings is 1. The molecule has 0 spiro atoms. The Morgan fingerprint density at radius 3 is 2.76 bits per heavy atom. The number of fused-ring (bicyclic) bond motifs is 1. The van der Waals surface area contributed by atoms with E-state index in [1.54, 1.807) is 4.57 Å². The van der Waals surface area contributed by atoms with Crippen LogP contribution in [0.2, 0.25) is 0 Å². The van der Waals surface area contributed by atoms with E-state index in [0.717, 1.165) is 22.5 Å². The first-order valence-electron chi connectivity index (χ1n) is 6.50. The van der Waals surface area contributed by atoms with Crippen molar-refractivity contribution in [3.8, 4) is 5.69 Å². The van der Waals surface area contributed by atoms with Crippen LogP contribution in [-0.2, 0) is 0 Å². The van der Waals surface area contributed by atoms with E-state index < -0.39 is 0 Å². The summed E-state index contributed by atoms with van der Waals surface area (Å²) in [7, 11) is 3.97. The van der Waals surface area contributed by atoms with Crippen molar-refractivity contribution in [2.45, 2.75) is 6.92 Å². The van der Waals surface area contributed by atoms with Crippen LogP contribution in [-0.4, -0.2) is 23.6 Å². The predicted molar refractivity (Wildman–Crippen MR) is 91.7 cm³/mol. The van der Waals surface area contributed by atoms with Gasteiger partial charge in [0.25, 0.3) is 5.56 Å². The first-order valence-corrected chi connectivity index (χ1v) is 7.78. The second-order valence-electron chi connectivity index (χ2n) is 5.10. The van der Waals surface area contributed by atoms with E-state index in [1.165, 1.54) is 11.3 Å². The van der Waals surface area contributed by atoms with Crippen LogP contribution in [0, 0.1) is 11.7 Å². The normalized spacial score (nSPS) is 11.0. The fourth-order valence-electron chi connectivity index (χ4n) is 2.39. The van der Waals surface area contributed by atoms with E-state index in [4.69, 9.17) is 12.2 Å². The van der Waals surface area contributed by atoms with E-state index in [9.17, 15) is 4.79 Å². The molecule has 6 heteroatoms. The molecule has 3 rings (SSSR count). The standard InChI is InChI=1S/C15H15N3OS2/c1-9-4-5-10(8-12(9)17(2)3)18-14(19)13-11(6-7-21-13)16-15(18)20/h4-8H,1-3H3,(H,16,20). The maximum absolute atomic E-state index is 12.7. The molecular weight excluding hydrogens is 302 g/mol. The van der Waals surface area contributed by atoms with Crippen LogP contribution in [0.15, 0.2) is 34.4 Å². The summed E-state index contributed by atoms with van der Waals surface area (Å²) in [6.07, 6.45) is 0. The van der Waals surface area contributed by atoms with Gasteiger partial charge in [0.1, 0.15) is 4.70 Å². The van der Waals surface area contributed by atoms with Gasteiger partial charge in [-0.3, -0.25) is 9.36 Å². The number of aromatic amines is 1. The van der Waals surface area contributed by atoms with E-state index >= 15 is 0 Å². The molecule has 3 aromatic rings. The van der Waals surface area contributed by atoms with Crippen molar-refractivity contribution in [1.29, 1.82) is 0 Å². The van der Waals surface area contributed by atoms with Gasteiger partial charge >= 0.3 is 0 Å². The zero-order chi connectivity index (χ0) is 15.1. The minimum absolute atomic E-state index is 0.0719. The van der Waals surface area contributed by atoms with Crippen molar-refractivity contribution in [1.82, 2.24) is 9.55 Å². The number of nitrogens with one attached hydrogen (secondary N) is 1. The first kappa shape index (κ1) is 14.0. The summed E-state index contributed by atoms with van der Waals surface area (Å²) in [6, 6.07) is 7.79. The van der Waals surface area contributed by atoms with Gasteiger partial charge in [0, 0.05) is 19.8 Å². The molecule has 4 nitrogen and oxygen atoms in total. The minimum atomic E-state index is -0.0719. The van der Waals surface area contributed by atoms with Gasteiger partial charge in [0.15, 0.2) is 4.77 Å². The number of rotatable bonds is 2. The number of hydrogen-bond acceptors (Lipinski definition) is 4. The van der Waals surface area contributed by atoms with E-state index in [2.05, 4.69) is 4.98 Å². The molecule has 108 valence electrons. The fourth-order valence-corrected chi connectivity index (χ4v) is 3.47. The maximum Gasteiger partial charge on any atom is 0.276 e. The number of anilines is 1. The molecule has 21 heavy (non-hydrogen) atoms. The van der Waals surface area contributed by atoms with Gasteiger partial charge in [-0.15, -0.1) is 11.3 Å². The van der Waals surface area contributed by atoms with Gasteiger partial charge in [-0.05, 0) is 48.3 Å². The Bertz CT molecular complexity index is 934. The van der Waals surface area contributed by atoms with E-state index in [1.807, 2.05) is 55.6 Å². The third kappa shape index (κ3) is 2.30. The molecule has 0 fully saturated rings. The number of aromatic nitrogens is 2. The summed E-state index contributed by atoms with van der Waals surface area (Å²) >= 11 is 6.78. The lowest BCUT2D eigenvalue weighted by molar-refractivity contribution is 0.940. The Kier molecular flexibility index (Phi) is 3.43. The topological polar surface area (TPSA) is 41.0 Å². The number of nitrogens with zero attached hydrogens (tertiary/aromatic N) is 2. The molecule has 2 heterocycles. The smallest absolute Gasteiger partial charge is 0.276 e. The monoisotopic (exact) mass is 317 g/mol. The van der Waals surface area contributed by atoms with Crippen molar-refractivity contribution in [3.63, 3.8) is 0 Å². The molecule has 0 aliphatic carbocycles. The summed E-state index contributed by atoms with van der Waals surface area (Å²) in [5.41, 5.74) is 3.73. The van der Waals surface area contributed by atoms with Crippen LogP contribution in [0.1, 0.15) is 5.56 Å². The lowest BCUT2D eigenvalue weighted by Crippen LogP contribution is -2.20. The van der Waals surface area contributed by atoms with Crippen molar-refractivity contribution < 1.29 is 0 Å². The molecule has 0 aliphatic heterocycles. The van der Waals surface area contributed by atoms with Gasteiger partial charge in [-0.25, -0.2) is 0 Å². The molecule has 1 aromatic carbocycles. The number of aryl methyl sites for hydroxylation is 1. The Morgan fingerprint density at radius 2 is 2.05 bits per heavy atom. The van der Waals surface area contributed by atoms with E-state index in [-0.39, 0.29) is 5.56 Å². The highest BCUT2D eigenvalue weighted by molar-refractivity contribution is 7.71. The highest BCUT2D eigenvalue weighted by atomic mass is 32.1. The summed E-state index contributed by atoms with van der Waals surface area (Å²) < 4.78 is 2.66. The summed E-state index contributed by atoms with van der Waals surface area (Å²) in [4.78, 5) is 17.8. The molecule has 0 aliphatic rings. The number of thiophene rings is 1. The zero-order valence-corrected chi connectivity index (χ0v) is 13.6. The Labute approximate surface area is 131 Å². The molecule has 0 saturated heterocycles. The minimum Gasteiger partial charge on any atom is -0.377 e. The average Bonchev–Trinajstić information content (AvgIpc) is 2.88. The number of hydrogen-bond donors (Lipinski definition) is 1. The van der Waals surface area contributed by atoms with Crippen molar-refractivity contribution in [2.75, 3.05) is 19.0 Å². The molecule has 0 radical (unpaired) electrons. The molecule has 0 atom stereocenters. The third-order valence-electron chi connectivity index (χ3n) is 3.44. The van der Waals surface area contributed by atoms with Crippen LogP contribution in [0.3, 0.4) is 0 Å². The highest BCUT2D eigenvalue weighted by Crippen LogP contribution is 2.22. The lowest BCUT2D eigenvalue weighted by atomic mass is 10.1. The third-order valence-corrected chi connectivity index (χ3v) is 4.63. The van der Waals surface area contributed by atoms with Crippen molar-refractivity contribution in [3.05, 3.63) is 50.3 Å². The molecule has 2 aromatic heterocycles.